The second-order valence-corrected chi connectivity index (χ2v) is 6.28. The van der Waals surface area contributed by atoms with E-state index >= 15 is 0 Å². The molecule has 0 radical (unpaired) electrons. The molecule has 0 fully saturated rings. The molecule has 0 aliphatic heterocycles. The lowest BCUT2D eigenvalue weighted by Gasteiger charge is -2.06. The third-order valence-corrected chi connectivity index (χ3v) is 4.57. The van der Waals surface area contributed by atoms with Gasteiger partial charge in [0.1, 0.15) is 5.58 Å². The van der Waals surface area contributed by atoms with Crippen molar-refractivity contribution < 1.29 is 9.21 Å². The van der Waals surface area contributed by atoms with E-state index in [1.54, 1.807) is 0 Å². The molecule has 3 nitrogen and oxygen atoms in total. The highest BCUT2D eigenvalue weighted by Gasteiger charge is 2.19. The summed E-state index contributed by atoms with van der Waals surface area (Å²) in [6, 6.07) is 23.3. The summed E-state index contributed by atoms with van der Waals surface area (Å²) in [5, 5.41) is 3.70. The summed E-state index contributed by atoms with van der Waals surface area (Å²) >= 11 is 0. The van der Waals surface area contributed by atoms with Gasteiger partial charge in [-0.25, -0.2) is 0 Å². The Hall–Kier alpha value is -3.77. The number of amides is 1. The van der Waals surface area contributed by atoms with Gasteiger partial charge in [-0.05, 0) is 42.3 Å². The van der Waals surface area contributed by atoms with Crippen LogP contribution in [0.4, 0.5) is 5.69 Å². The van der Waals surface area contributed by atoms with E-state index in [1.807, 2.05) is 67.6 Å². The molecule has 0 spiro atoms. The number of benzene rings is 3. The largest absolute Gasteiger partial charge is 0.451 e. The number of anilines is 1. The molecule has 0 unspecified atom stereocenters. The van der Waals surface area contributed by atoms with Gasteiger partial charge < -0.3 is 9.73 Å². The Morgan fingerprint density at radius 1 is 0.926 bits per heavy atom. The lowest BCUT2D eigenvalue weighted by Crippen LogP contribution is -2.12. The highest BCUT2D eigenvalue weighted by molar-refractivity contribution is 6.07. The second kappa shape index (κ2) is 6.86. The third kappa shape index (κ3) is 3.09. The predicted molar refractivity (Wildman–Crippen MR) is 109 cm³/mol. The van der Waals surface area contributed by atoms with E-state index in [0.29, 0.717) is 11.3 Å². The van der Waals surface area contributed by atoms with Crippen LogP contribution in [0.25, 0.3) is 22.1 Å². The van der Waals surface area contributed by atoms with Gasteiger partial charge in [0.15, 0.2) is 5.76 Å². The Balaban J connectivity index is 1.60. The molecule has 27 heavy (non-hydrogen) atoms. The first-order valence-electron chi connectivity index (χ1n) is 8.63. The maximum atomic E-state index is 12.7. The van der Waals surface area contributed by atoms with Crippen LogP contribution in [0.1, 0.15) is 21.7 Å². The maximum absolute atomic E-state index is 12.7. The number of nitrogens with one attached hydrogen (secondary N) is 1. The molecule has 1 heterocycles. The van der Waals surface area contributed by atoms with Crippen LogP contribution in [-0.2, 0) is 0 Å². The van der Waals surface area contributed by atoms with Gasteiger partial charge in [0.05, 0.1) is 0 Å². The van der Waals surface area contributed by atoms with Crippen LogP contribution in [-0.4, -0.2) is 5.91 Å². The number of terminal acetylenes is 1. The van der Waals surface area contributed by atoms with Crippen molar-refractivity contribution in [2.24, 2.45) is 0 Å². The van der Waals surface area contributed by atoms with E-state index in [1.165, 1.54) is 0 Å². The van der Waals surface area contributed by atoms with E-state index in [0.717, 1.165) is 27.6 Å². The van der Waals surface area contributed by atoms with Gasteiger partial charge in [0.25, 0.3) is 5.91 Å². The van der Waals surface area contributed by atoms with Crippen molar-refractivity contribution >= 4 is 22.6 Å². The van der Waals surface area contributed by atoms with E-state index in [4.69, 9.17) is 10.8 Å². The fourth-order valence-electron chi connectivity index (χ4n) is 3.20. The van der Waals surface area contributed by atoms with Crippen molar-refractivity contribution in [1.29, 1.82) is 0 Å². The van der Waals surface area contributed by atoms with Crippen molar-refractivity contribution in [3.63, 3.8) is 0 Å². The number of hydrogen-bond acceptors (Lipinski definition) is 2. The van der Waals surface area contributed by atoms with Crippen LogP contribution in [0, 0.1) is 19.3 Å². The molecule has 3 heteroatoms. The fraction of sp³-hybridized carbons (Fsp3) is 0.0417. The summed E-state index contributed by atoms with van der Waals surface area (Å²) in [7, 11) is 0. The molecule has 4 rings (SSSR count). The van der Waals surface area contributed by atoms with Gasteiger partial charge in [-0.2, -0.15) is 0 Å². The van der Waals surface area contributed by atoms with Crippen molar-refractivity contribution in [2.75, 3.05) is 5.32 Å². The molecule has 0 saturated heterocycles. The molecular formula is C24H17NO2. The zero-order valence-electron chi connectivity index (χ0n) is 14.8. The van der Waals surface area contributed by atoms with E-state index in [9.17, 15) is 4.79 Å². The summed E-state index contributed by atoms with van der Waals surface area (Å²) < 4.78 is 5.76. The van der Waals surface area contributed by atoms with Crippen LogP contribution < -0.4 is 5.32 Å². The molecule has 0 bridgehead atoms. The highest BCUT2D eigenvalue weighted by atomic mass is 16.3. The molecule has 3 aromatic carbocycles. The molecule has 4 aromatic rings. The Morgan fingerprint density at radius 2 is 1.63 bits per heavy atom. The SMILES string of the molecule is C#Cc1cccc2oc(C(=O)Nc3ccc(-c4ccccc4)cc3)c(C)c12. The number of carbonyl (C=O) groups is 1. The minimum atomic E-state index is -0.292. The maximum Gasteiger partial charge on any atom is 0.291 e. The van der Waals surface area contributed by atoms with Gasteiger partial charge in [-0.1, -0.05) is 54.5 Å². The first-order chi connectivity index (χ1) is 13.2. The molecular weight excluding hydrogens is 334 g/mol. The molecule has 130 valence electrons. The molecule has 0 aliphatic carbocycles. The summed E-state index contributed by atoms with van der Waals surface area (Å²) in [5.74, 6) is 2.63. The molecule has 0 atom stereocenters. The smallest absolute Gasteiger partial charge is 0.291 e. The Labute approximate surface area is 157 Å². The summed E-state index contributed by atoms with van der Waals surface area (Å²) in [5.41, 5.74) is 5.01. The molecule has 1 amide bonds. The summed E-state index contributed by atoms with van der Waals surface area (Å²) in [4.78, 5) is 12.7. The standard InChI is InChI=1S/C24H17NO2/c1-3-17-10-7-11-21-22(17)16(2)23(27-21)24(26)25-20-14-12-19(13-15-20)18-8-5-4-6-9-18/h1,4-15H,2H3,(H,25,26). The quantitative estimate of drug-likeness (QED) is 0.485. The minimum absolute atomic E-state index is 0.278. The van der Waals surface area contributed by atoms with Crippen LogP contribution in [0.5, 0.6) is 0 Å². The predicted octanol–water partition coefficient (Wildman–Crippen LogP) is 5.64. The van der Waals surface area contributed by atoms with Crippen LogP contribution in [0.3, 0.4) is 0 Å². The van der Waals surface area contributed by atoms with Gasteiger partial charge in [0, 0.05) is 22.2 Å². The average Bonchev–Trinajstić information content (AvgIpc) is 3.06. The van der Waals surface area contributed by atoms with Crippen molar-refractivity contribution in [3.8, 4) is 23.5 Å². The number of carbonyl (C=O) groups excluding carboxylic acids is 1. The Morgan fingerprint density at radius 3 is 2.33 bits per heavy atom. The van der Waals surface area contributed by atoms with E-state index < -0.39 is 0 Å². The third-order valence-electron chi connectivity index (χ3n) is 4.57. The summed E-state index contributed by atoms with van der Waals surface area (Å²) in [6.07, 6.45) is 5.56. The highest BCUT2D eigenvalue weighted by Crippen LogP contribution is 2.29. The number of aryl methyl sites for hydroxylation is 1. The van der Waals surface area contributed by atoms with Crippen LogP contribution in [0.2, 0.25) is 0 Å². The monoisotopic (exact) mass is 351 g/mol. The van der Waals surface area contributed by atoms with Crippen LogP contribution >= 0.6 is 0 Å². The Kier molecular flexibility index (Phi) is 4.24. The van der Waals surface area contributed by atoms with E-state index in [-0.39, 0.29) is 11.7 Å². The molecule has 1 N–H and O–H groups in total. The van der Waals surface area contributed by atoms with Crippen LogP contribution in [0.15, 0.2) is 77.2 Å². The van der Waals surface area contributed by atoms with Crippen molar-refractivity contribution in [2.45, 2.75) is 6.92 Å². The van der Waals surface area contributed by atoms with Gasteiger partial charge in [0.2, 0.25) is 0 Å². The minimum Gasteiger partial charge on any atom is -0.451 e. The molecule has 0 aliphatic rings. The lowest BCUT2D eigenvalue weighted by atomic mass is 10.1. The van der Waals surface area contributed by atoms with Crippen molar-refractivity contribution in [1.82, 2.24) is 0 Å². The zero-order chi connectivity index (χ0) is 18.8. The number of furan rings is 1. The molecule has 1 aromatic heterocycles. The average molecular weight is 351 g/mol. The first kappa shape index (κ1) is 16.7. The van der Waals surface area contributed by atoms with Gasteiger partial charge >= 0.3 is 0 Å². The second-order valence-electron chi connectivity index (χ2n) is 6.28. The Bertz CT molecular complexity index is 1160. The topological polar surface area (TPSA) is 42.2 Å². The van der Waals surface area contributed by atoms with Gasteiger partial charge in [-0.15, -0.1) is 6.42 Å². The molecule has 0 saturated carbocycles. The lowest BCUT2D eigenvalue weighted by molar-refractivity contribution is 0.0998. The number of hydrogen-bond donors (Lipinski definition) is 1. The number of rotatable bonds is 3. The van der Waals surface area contributed by atoms with Gasteiger partial charge in [-0.3, -0.25) is 4.79 Å². The fourth-order valence-corrected chi connectivity index (χ4v) is 3.20. The zero-order valence-corrected chi connectivity index (χ0v) is 14.8. The van der Waals surface area contributed by atoms with Crippen molar-refractivity contribution in [3.05, 3.63) is 89.7 Å². The first-order valence-corrected chi connectivity index (χ1v) is 8.63. The normalized spacial score (nSPS) is 10.5. The number of fused-ring (bicyclic) bond motifs is 1. The summed E-state index contributed by atoms with van der Waals surface area (Å²) in [6.45, 7) is 1.85. The van der Waals surface area contributed by atoms with E-state index in [2.05, 4.69) is 23.4 Å².